The SMILES string of the molecule is CNc1cc(Nc2cccnc2OC)nc2c(C(=O)NC3CCCC3)cnn12. The molecule has 1 amide bonds. The molecule has 0 atom stereocenters. The van der Waals surface area contributed by atoms with Gasteiger partial charge in [-0.05, 0) is 25.0 Å². The normalized spacial score (nSPS) is 14.2. The number of anilines is 3. The number of hydrogen-bond donors (Lipinski definition) is 3. The first kappa shape index (κ1) is 18.0. The number of carbonyl (C=O) groups excluding carboxylic acids is 1. The largest absolute Gasteiger partial charge is 0.480 e. The summed E-state index contributed by atoms with van der Waals surface area (Å²) in [7, 11) is 3.36. The van der Waals surface area contributed by atoms with Gasteiger partial charge in [-0.15, -0.1) is 0 Å². The van der Waals surface area contributed by atoms with E-state index in [-0.39, 0.29) is 11.9 Å². The molecule has 1 saturated carbocycles. The van der Waals surface area contributed by atoms with Gasteiger partial charge in [-0.25, -0.2) is 9.97 Å². The summed E-state index contributed by atoms with van der Waals surface area (Å²) in [6.45, 7) is 0. The number of pyridine rings is 1. The minimum Gasteiger partial charge on any atom is -0.480 e. The minimum absolute atomic E-state index is 0.146. The van der Waals surface area contributed by atoms with Crippen LogP contribution in [-0.4, -0.2) is 45.7 Å². The maximum atomic E-state index is 12.8. The lowest BCUT2D eigenvalue weighted by molar-refractivity contribution is 0.0939. The van der Waals surface area contributed by atoms with Crippen molar-refractivity contribution < 1.29 is 9.53 Å². The summed E-state index contributed by atoms with van der Waals surface area (Å²) in [6, 6.07) is 5.69. The Morgan fingerprint density at radius 1 is 1.32 bits per heavy atom. The zero-order chi connectivity index (χ0) is 19.5. The van der Waals surface area contributed by atoms with Crippen LogP contribution in [0, 0.1) is 0 Å². The van der Waals surface area contributed by atoms with Gasteiger partial charge in [-0.2, -0.15) is 9.61 Å². The third-order valence-corrected chi connectivity index (χ3v) is 4.89. The molecular formula is C19H23N7O2. The van der Waals surface area contributed by atoms with Gasteiger partial charge in [-0.3, -0.25) is 4.79 Å². The fourth-order valence-corrected chi connectivity index (χ4v) is 3.49. The molecular weight excluding hydrogens is 358 g/mol. The van der Waals surface area contributed by atoms with E-state index in [0.717, 1.165) is 25.7 Å². The van der Waals surface area contributed by atoms with Gasteiger partial charge in [0.1, 0.15) is 22.9 Å². The number of rotatable bonds is 6. The van der Waals surface area contributed by atoms with E-state index in [1.54, 1.807) is 31.1 Å². The highest BCUT2D eigenvalue weighted by atomic mass is 16.5. The van der Waals surface area contributed by atoms with Crippen LogP contribution in [0.3, 0.4) is 0 Å². The number of methoxy groups -OCH3 is 1. The Hall–Kier alpha value is -3.36. The number of hydrogen-bond acceptors (Lipinski definition) is 7. The average Bonchev–Trinajstić information content (AvgIpc) is 3.37. The van der Waals surface area contributed by atoms with Gasteiger partial charge in [0.15, 0.2) is 5.65 Å². The van der Waals surface area contributed by atoms with Gasteiger partial charge in [0.2, 0.25) is 5.88 Å². The van der Waals surface area contributed by atoms with E-state index in [4.69, 9.17) is 4.74 Å². The molecule has 0 saturated heterocycles. The van der Waals surface area contributed by atoms with E-state index in [2.05, 4.69) is 31.0 Å². The van der Waals surface area contributed by atoms with Crippen molar-refractivity contribution >= 4 is 28.9 Å². The molecule has 1 fully saturated rings. The van der Waals surface area contributed by atoms with E-state index in [1.807, 2.05) is 18.2 Å². The van der Waals surface area contributed by atoms with Crippen LogP contribution in [-0.2, 0) is 0 Å². The Bertz CT molecular complexity index is 995. The van der Waals surface area contributed by atoms with Crippen molar-refractivity contribution in [2.45, 2.75) is 31.7 Å². The lowest BCUT2D eigenvalue weighted by Crippen LogP contribution is -2.32. The molecule has 28 heavy (non-hydrogen) atoms. The van der Waals surface area contributed by atoms with E-state index in [9.17, 15) is 4.79 Å². The number of amides is 1. The van der Waals surface area contributed by atoms with Gasteiger partial charge < -0.3 is 20.7 Å². The highest BCUT2D eigenvalue weighted by Gasteiger charge is 2.22. The fourth-order valence-electron chi connectivity index (χ4n) is 3.49. The second kappa shape index (κ2) is 7.71. The first-order valence-corrected chi connectivity index (χ1v) is 9.33. The summed E-state index contributed by atoms with van der Waals surface area (Å²) < 4.78 is 6.90. The first-order valence-electron chi connectivity index (χ1n) is 9.33. The van der Waals surface area contributed by atoms with Gasteiger partial charge in [0.25, 0.3) is 5.91 Å². The summed E-state index contributed by atoms with van der Waals surface area (Å²) in [6.07, 6.45) is 7.57. The number of carbonyl (C=O) groups is 1. The summed E-state index contributed by atoms with van der Waals surface area (Å²) in [4.78, 5) is 21.6. The topological polar surface area (TPSA) is 105 Å². The predicted octanol–water partition coefficient (Wildman–Crippen LogP) is 2.59. The summed E-state index contributed by atoms with van der Waals surface area (Å²) in [5.74, 6) is 1.57. The minimum atomic E-state index is -0.146. The second-order valence-electron chi connectivity index (χ2n) is 6.71. The summed E-state index contributed by atoms with van der Waals surface area (Å²) in [5.41, 5.74) is 1.61. The zero-order valence-electron chi connectivity index (χ0n) is 15.9. The van der Waals surface area contributed by atoms with Gasteiger partial charge in [-0.1, -0.05) is 12.8 Å². The molecule has 3 aromatic rings. The summed E-state index contributed by atoms with van der Waals surface area (Å²) in [5, 5.41) is 13.7. The van der Waals surface area contributed by atoms with Crippen molar-refractivity contribution in [3.8, 4) is 5.88 Å². The summed E-state index contributed by atoms with van der Waals surface area (Å²) >= 11 is 0. The van der Waals surface area contributed by atoms with Crippen LogP contribution in [0.1, 0.15) is 36.0 Å². The Labute approximate surface area is 162 Å². The smallest absolute Gasteiger partial charge is 0.256 e. The van der Waals surface area contributed by atoms with Crippen molar-refractivity contribution in [3.05, 3.63) is 36.2 Å². The Kier molecular flexibility index (Phi) is 4.96. The highest BCUT2D eigenvalue weighted by Crippen LogP contribution is 2.26. The monoisotopic (exact) mass is 381 g/mol. The van der Waals surface area contributed by atoms with E-state index in [1.165, 1.54) is 0 Å². The number of nitrogens with one attached hydrogen (secondary N) is 3. The van der Waals surface area contributed by atoms with Crippen molar-refractivity contribution in [1.29, 1.82) is 0 Å². The molecule has 1 aliphatic carbocycles. The Morgan fingerprint density at radius 2 is 2.14 bits per heavy atom. The van der Waals surface area contributed by atoms with Crippen LogP contribution in [0.2, 0.25) is 0 Å². The molecule has 0 unspecified atom stereocenters. The van der Waals surface area contributed by atoms with Crippen molar-refractivity contribution in [2.75, 3.05) is 24.8 Å². The molecule has 1 aliphatic rings. The van der Waals surface area contributed by atoms with Crippen molar-refractivity contribution in [2.24, 2.45) is 0 Å². The molecule has 9 nitrogen and oxygen atoms in total. The quantitative estimate of drug-likeness (QED) is 0.603. The lowest BCUT2D eigenvalue weighted by atomic mass is 10.2. The fraction of sp³-hybridized carbons (Fsp3) is 0.368. The molecule has 0 bridgehead atoms. The van der Waals surface area contributed by atoms with E-state index in [0.29, 0.717) is 34.4 Å². The van der Waals surface area contributed by atoms with Crippen molar-refractivity contribution in [3.63, 3.8) is 0 Å². The van der Waals surface area contributed by atoms with Crippen LogP contribution >= 0.6 is 0 Å². The first-order chi connectivity index (χ1) is 13.7. The Morgan fingerprint density at radius 3 is 2.89 bits per heavy atom. The molecule has 9 heteroatoms. The average molecular weight is 381 g/mol. The second-order valence-corrected chi connectivity index (χ2v) is 6.71. The molecule has 3 N–H and O–H groups in total. The van der Waals surface area contributed by atoms with E-state index < -0.39 is 0 Å². The van der Waals surface area contributed by atoms with Crippen molar-refractivity contribution in [1.82, 2.24) is 24.9 Å². The zero-order valence-corrected chi connectivity index (χ0v) is 15.9. The van der Waals surface area contributed by atoms with Crippen LogP contribution in [0.4, 0.5) is 17.3 Å². The van der Waals surface area contributed by atoms with Gasteiger partial charge >= 0.3 is 0 Å². The van der Waals surface area contributed by atoms with Gasteiger partial charge in [0.05, 0.1) is 13.3 Å². The standard InChI is InChI=1S/C19H23N7O2/c1-20-16-10-15(24-14-8-5-9-21-19(14)28-2)25-17-13(11-22-26(16)17)18(27)23-12-6-3-4-7-12/h5,8-12,20H,3-4,6-7H2,1-2H3,(H,23,27)(H,24,25). The van der Waals surface area contributed by atoms with Crippen LogP contribution in [0.5, 0.6) is 5.88 Å². The maximum Gasteiger partial charge on any atom is 0.256 e. The Balaban J connectivity index is 1.69. The third kappa shape index (κ3) is 3.42. The number of ether oxygens (including phenoxy) is 1. The van der Waals surface area contributed by atoms with Crippen LogP contribution in [0.15, 0.2) is 30.6 Å². The lowest BCUT2D eigenvalue weighted by Gasteiger charge is -2.13. The molecule has 146 valence electrons. The molecule has 0 radical (unpaired) electrons. The molecule has 0 aromatic carbocycles. The maximum absolute atomic E-state index is 12.8. The highest BCUT2D eigenvalue weighted by molar-refractivity contribution is 6.00. The molecule has 0 aliphatic heterocycles. The van der Waals surface area contributed by atoms with Gasteiger partial charge in [0, 0.05) is 25.4 Å². The number of nitrogens with zero attached hydrogens (tertiary/aromatic N) is 4. The number of aromatic nitrogens is 4. The number of fused-ring (bicyclic) bond motifs is 1. The van der Waals surface area contributed by atoms with Crippen LogP contribution < -0.4 is 20.7 Å². The van der Waals surface area contributed by atoms with E-state index >= 15 is 0 Å². The molecule has 3 aromatic heterocycles. The third-order valence-electron chi connectivity index (χ3n) is 4.89. The molecule has 3 heterocycles. The molecule has 0 spiro atoms. The van der Waals surface area contributed by atoms with Crippen LogP contribution in [0.25, 0.3) is 5.65 Å². The predicted molar refractivity (Wildman–Crippen MR) is 106 cm³/mol. The molecule has 4 rings (SSSR count).